The van der Waals surface area contributed by atoms with Crippen molar-refractivity contribution in [2.24, 2.45) is 0 Å². The maximum Gasteiger partial charge on any atom is 0.416 e. The zero-order valence-corrected chi connectivity index (χ0v) is 19.2. The first-order valence-electron chi connectivity index (χ1n) is 9.72. The number of hydrogen-bond donors (Lipinski definition) is 1. The van der Waals surface area contributed by atoms with Crippen molar-refractivity contribution in [3.63, 3.8) is 0 Å². The fourth-order valence-corrected chi connectivity index (χ4v) is 3.82. The number of ether oxygens (including phenoxy) is 1. The molecule has 0 amide bonds. The Labute approximate surface area is 205 Å². The van der Waals surface area contributed by atoms with Gasteiger partial charge in [0.15, 0.2) is 0 Å². The summed E-state index contributed by atoms with van der Waals surface area (Å²) in [7, 11) is 1.46. The third-order valence-corrected chi connectivity index (χ3v) is 5.67. The van der Waals surface area contributed by atoms with Crippen LogP contribution in [0.2, 0.25) is 5.02 Å². The molecule has 2 heterocycles. The standard InChI is InChI=1S/C23H14ClF3N2O5S/c1-32-18-7-5-14(24)10-16(18)20-28-29-22(34-20)35-19(21(30)31)11-15-6-8-17(33-15)12-3-2-4-13(9-12)23(25,26)27/h2-11H,1H3,(H,30,31)/b19-11-. The van der Waals surface area contributed by atoms with E-state index in [1.54, 1.807) is 18.2 Å². The van der Waals surface area contributed by atoms with Crippen LogP contribution >= 0.6 is 23.4 Å². The highest BCUT2D eigenvalue weighted by molar-refractivity contribution is 8.03. The molecule has 0 bridgehead atoms. The lowest BCUT2D eigenvalue weighted by Crippen LogP contribution is -2.04. The molecule has 0 spiro atoms. The van der Waals surface area contributed by atoms with Gasteiger partial charge in [-0.1, -0.05) is 23.7 Å². The molecule has 2 aromatic heterocycles. The molecule has 0 saturated heterocycles. The second-order valence-electron chi connectivity index (χ2n) is 6.91. The van der Waals surface area contributed by atoms with Gasteiger partial charge in [-0.2, -0.15) is 13.2 Å². The lowest BCUT2D eigenvalue weighted by Gasteiger charge is -2.07. The maximum atomic E-state index is 13.0. The minimum Gasteiger partial charge on any atom is -0.496 e. The van der Waals surface area contributed by atoms with Crippen molar-refractivity contribution in [2.75, 3.05) is 7.11 Å². The Morgan fingerprint density at radius 1 is 1.11 bits per heavy atom. The number of furan rings is 1. The maximum absolute atomic E-state index is 13.0. The number of benzene rings is 2. The van der Waals surface area contributed by atoms with Crippen LogP contribution in [-0.2, 0) is 11.0 Å². The number of methoxy groups -OCH3 is 1. The highest BCUT2D eigenvalue weighted by Gasteiger charge is 2.30. The Hall–Kier alpha value is -3.70. The molecule has 4 rings (SSSR count). The minimum absolute atomic E-state index is 0.0691. The van der Waals surface area contributed by atoms with E-state index in [9.17, 15) is 23.1 Å². The average molecular weight is 523 g/mol. The van der Waals surface area contributed by atoms with Crippen LogP contribution in [0.25, 0.3) is 28.9 Å². The molecule has 35 heavy (non-hydrogen) atoms. The first-order chi connectivity index (χ1) is 16.6. The summed E-state index contributed by atoms with van der Waals surface area (Å²) in [6.07, 6.45) is -3.30. The quantitative estimate of drug-likeness (QED) is 0.207. The van der Waals surface area contributed by atoms with Crippen molar-refractivity contribution < 1.29 is 36.6 Å². The molecule has 0 saturated carbocycles. The van der Waals surface area contributed by atoms with Crippen LogP contribution in [0.5, 0.6) is 5.75 Å². The molecule has 0 aliphatic heterocycles. The van der Waals surface area contributed by atoms with Crippen LogP contribution < -0.4 is 4.74 Å². The van der Waals surface area contributed by atoms with Crippen molar-refractivity contribution in [3.05, 3.63) is 75.8 Å². The highest BCUT2D eigenvalue weighted by atomic mass is 35.5. The van der Waals surface area contributed by atoms with Gasteiger partial charge < -0.3 is 18.7 Å². The zero-order valence-electron chi connectivity index (χ0n) is 17.7. The topological polar surface area (TPSA) is 98.6 Å². The number of nitrogens with zero attached hydrogens (tertiary/aromatic N) is 2. The lowest BCUT2D eigenvalue weighted by atomic mass is 10.1. The van der Waals surface area contributed by atoms with Crippen molar-refractivity contribution in [1.29, 1.82) is 0 Å². The molecule has 0 radical (unpaired) electrons. The van der Waals surface area contributed by atoms with E-state index < -0.39 is 17.7 Å². The van der Waals surface area contributed by atoms with Crippen LogP contribution in [0.1, 0.15) is 11.3 Å². The Morgan fingerprint density at radius 3 is 2.63 bits per heavy atom. The van der Waals surface area contributed by atoms with E-state index in [2.05, 4.69) is 10.2 Å². The van der Waals surface area contributed by atoms with E-state index in [1.165, 1.54) is 37.5 Å². The van der Waals surface area contributed by atoms with Crippen LogP contribution in [0.4, 0.5) is 13.2 Å². The van der Waals surface area contributed by atoms with Gasteiger partial charge >= 0.3 is 12.1 Å². The number of carboxylic acids is 1. The minimum atomic E-state index is -4.50. The highest BCUT2D eigenvalue weighted by Crippen LogP contribution is 2.36. The third-order valence-electron chi connectivity index (χ3n) is 4.58. The third kappa shape index (κ3) is 5.69. The fourth-order valence-electron chi connectivity index (χ4n) is 3.00. The summed E-state index contributed by atoms with van der Waals surface area (Å²) >= 11 is 6.69. The lowest BCUT2D eigenvalue weighted by molar-refractivity contribution is -0.137. The van der Waals surface area contributed by atoms with Gasteiger partial charge in [-0.3, -0.25) is 0 Å². The summed E-state index contributed by atoms with van der Waals surface area (Å²) in [6.45, 7) is 0. The number of carboxylic acid groups (broad SMARTS) is 1. The number of halogens is 4. The zero-order chi connectivity index (χ0) is 25.2. The van der Waals surface area contributed by atoms with Gasteiger partial charge in [0, 0.05) is 16.7 Å². The van der Waals surface area contributed by atoms with Crippen LogP contribution in [0.3, 0.4) is 0 Å². The molecular formula is C23H14ClF3N2O5S. The van der Waals surface area contributed by atoms with Gasteiger partial charge in [-0.25, -0.2) is 4.79 Å². The second kappa shape index (κ2) is 9.88. The molecule has 0 aliphatic carbocycles. The van der Waals surface area contributed by atoms with Gasteiger partial charge in [0.1, 0.15) is 22.2 Å². The van der Waals surface area contributed by atoms with Crippen molar-refractivity contribution in [3.8, 4) is 28.5 Å². The normalized spacial score (nSPS) is 12.1. The molecule has 0 atom stereocenters. The summed E-state index contributed by atoms with van der Waals surface area (Å²) in [4.78, 5) is 11.6. The Bertz CT molecular complexity index is 1410. The molecule has 7 nitrogen and oxygen atoms in total. The summed E-state index contributed by atoms with van der Waals surface area (Å²) in [5.74, 6) is -0.543. The number of aromatic nitrogens is 2. The van der Waals surface area contributed by atoms with Crippen molar-refractivity contribution in [1.82, 2.24) is 10.2 Å². The van der Waals surface area contributed by atoms with Crippen LogP contribution in [-0.4, -0.2) is 28.4 Å². The van der Waals surface area contributed by atoms with E-state index in [1.807, 2.05) is 0 Å². The van der Waals surface area contributed by atoms with Gasteiger partial charge in [-0.15, -0.1) is 10.2 Å². The summed E-state index contributed by atoms with van der Waals surface area (Å²) in [6, 6.07) is 12.3. The van der Waals surface area contributed by atoms with Gasteiger partial charge in [-0.05, 0) is 54.2 Å². The molecule has 0 unspecified atom stereocenters. The number of thioether (sulfide) groups is 1. The number of hydrogen-bond acceptors (Lipinski definition) is 7. The molecule has 0 aliphatic rings. The molecule has 2 aromatic carbocycles. The number of carbonyl (C=O) groups is 1. The number of rotatable bonds is 7. The van der Waals surface area contributed by atoms with E-state index >= 15 is 0 Å². The molecule has 1 N–H and O–H groups in total. The Balaban J connectivity index is 1.58. The van der Waals surface area contributed by atoms with E-state index in [0.29, 0.717) is 28.1 Å². The number of aliphatic carboxylic acids is 1. The largest absolute Gasteiger partial charge is 0.496 e. The predicted octanol–water partition coefficient (Wildman–Crippen LogP) is 6.90. The van der Waals surface area contributed by atoms with Gasteiger partial charge in [0.25, 0.3) is 11.1 Å². The van der Waals surface area contributed by atoms with Crippen molar-refractivity contribution >= 4 is 35.4 Å². The molecular weight excluding hydrogens is 509 g/mol. The monoisotopic (exact) mass is 522 g/mol. The summed E-state index contributed by atoms with van der Waals surface area (Å²) in [5, 5.41) is 17.7. The van der Waals surface area contributed by atoms with E-state index in [0.717, 1.165) is 12.1 Å². The molecule has 12 heteroatoms. The second-order valence-corrected chi connectivity index (χ2v) is 8.34. The summed E-state index contributed by atoms with van der Waals surface area (Å²) < 4.78 is 55.3. The smallest absolute Gasteiger partial charge is 0.416 e. The number of alkyl halides is 3. The van der Waals surface area contributed by atoms with Gasteiger partial charge in [0.2, 0.25) is 0 Å². The summed E-state index contributed by atoms with van der Waals surface area (Å²) in [5.41, 5.74) is -0.202. The predicted molar refractivity (Wildman–Crippen MR) is 122 cm³/mol. The first kappa shape index (κ1) is 24.4. The van der Waals surface area contributed by atoms with Crippen molar-refractivity contribution in [2.45, 2.75) is 11.4 Å². The molecule has 4 aromatic rings. The Morgan fingerprint density at radius 2 is 1.91 bits per heavy atom. The molecule has 180 valence electrons. The SMILES string of the molecule is COc1ccc(Cl)cc1-c1nnc(S/C(=C\c2ccc(-c3cccc(C(F)(F)F)c3)o2)C(=O)O)o1. The first-order valence-corrected chi connectivity index (χ1v) is 10.9. The Kier molecular flexibility index (Phi) is 6.90. The fraction of sp³-hybridized carbons (Fsp3) is 0.0870. The van der Waals surface area contributed by atoms with Gasteiger partial charge in [0.05, 0.1) is 18.2 Å². The average Bonchev–Trinajstić information content (AvgIpc) is 3.48. The molecule has 0 fully saturated rings. The van der Waals surface area contributed by atoms with E-state index in [-0.39, 0.29) is 33.1 Å². The van der Waals surface area contributed by atoms with E-state index in [4.69, 9.17) is 25.2 Å². The van der Waals surface area contributed by atoms with Crippen LogP contribution in [0, 0.1) is 0 Å². The van der Waals surface area contributed by atoms with Crippen LogP contribution in [0.15, 0.2) is 73.6 Å².